The minimum Gasteiger partial charge on any atom is -0.308 e. The number of nitro groups is 1. The largest absolute Gasteiger partial charge is 0.308 e. The smallest absolute Gasteiger partial charge is 0.269 e. The Bertz CT molecular complexity index is 362. The Kier molecular flexibility index (Phi) is 4.20. The van der Waals surface area contributed by atoms with Crippen LogP contribution < -0.4 is 5.32 Å². The van der Waals surface area contributed by atoms with E-state index in [0.717, 1.165) is 5.56 Å². The highest BCUT2D eigenvalue weighted by Gasteiger charge is 2.17. The van der Waals surface area contributed by atoms with Gasteiger partial charge in [-0.3, -0.25) is 10.1 Å². The molecule has 0 bridgehead atoms. The van der Waals surface area contributed by atoms with Crippen LogP contribution in [0.2, 0.25) is 0 Å². The van der Waals surface area contributed by atoms with Crippen LogP contribution in [-0.4, -0.2) is 16.6 Å². The molecular weight excluding hydrogens is 235 g/mol. The third-order valence-electron chi connectivity index (χ3n) is 1.91. The number of nitrogens with one attached hydrogen (secondary N) is 1. The zero-order valence-corrected chi connectivity index (χ0v) is 9.50. The molecule has 1 aromatic carbocycles. The zero-order valence-electron chi connectivity index (χ0n) is 8.74. The minimum absolute atomic E-state index is 0.0194. The van der Waals surface area contributed by atoms with Crippen molar-refractivity contribution in [2.24, 2.45) is 0 Å². The summed E-state index contributed by atoms with van der Waals surface area (Å²) in [6, 6.07) is 6.06. The number of alkyl halides is 2. The first-order chi connectivity index (χ1) is 7.38. The molecule has 0 fully saturated rings. The molecule has 16 heavy (non-hydrogen) atoms. The molecular formula is C10H12ClFN2O2. The van der Waals surface area contributed by atoms with Crippen LogP contribution in [0.3, 0.4) is 0 Å². The van der Waals surface area contributed by atoms with Crippen molar-refractivity contribution in [3.05, 3.63) is 39.9 Å². The van der Waals surface area contributed by atoms with Gasteiger partial charge in [0, 0.05) is 25.2 Å². The molecule has 6 heteroatoms. The second kappa shape index (κ2) is 5.23. The Balaban J connectivity index is 2.47. The van der Waals surface area contributed by atoms with Crippen molar-refractivity contribution >= 4 is 17.3 Å². The van der Waals surface area contributed by atoms with Gasteiger partial charge in [-0.2, -0.15) is 0 Å². The SMILES string of the molecule is CC(F)(Cl)CNCc1ccc([N+](=O)[O-])cc1. The summed E-state index contributed by atoms with van der Waals surface area (Å²) in [5.74, 6) is 0. The van der Waals surface area contributed by atoms with E-state index in [1.165, 1.54) is 19.1 Å². The van der Waals surface area contributed by atoms with E-state index in [1.54, 1.807) is 12.1 Å². The number of nitro benzene ring substituents is 1. The lowest BCUT2D eigenvalue weighted by Gasteiger charge is -2.12. The lowest BCUT2D eigenvalue weighted by molar-refractivity contribution is -0.384. The molecule has 1 unspecified atom stereocenters. The van der Waals surface area contributed by atoms with Crippen molar-refractivity contribution in [1.29, 1.82) is 0 Å². The van der Waals surface area contributed by atoms with E-state index in [4.69, 9.17) is 11.6 Å². The van der Waals surface area contributed by atoms with Gasteiger partial charge in [0.25, 0.3) is 5.69 Å². The number of hydrogen-bond donors (Lipinski definition) is 1. The molecule has 0 aliphatic heterocycles. The molecule has 88 valence electrons. The Hall–Kier alpha value is -1.20. The van der Waals surface area contributed by atoms with E-state index in [1.807, 2.05) is 0 Å². The topological polar surface area (TPSA) is 55.2 Å². The van der Waals surface area contributed by atoms with Crippen molar-refractivity contribution < 1.29 is 9.31 Å². The number of halogens is 2. The Morgan fingerprint density at radius 2 is 2.06 bits per heavy atom. The van der Waals surface area contributed by atoms with Crippen LogP contribution in [0, 0.1) is 10.1 Å². The molecule has 4 nitrogen and oxygen atoms in total. The van der Waals surface area contributed by atoms with E-state index >= 15 is 0 Å². The lowest BCUT2D eigenvalue weighted by atomic mass is 10.2. The van der Waals surface area contributed by atoms with E-state index < -0.39 is 10.1 Å². The first-order valence-corrected chi connectivity index (χ1v) is 5.08. The first-order valence-electron chi connectivity index (χ1n) is 4.70. The van der Waals surface area contributed by atoms with Crippen LogP contribution in [-0.2, 0) is 6.54 Å². The maximum absolute atomic E-state index is 12.9. The van der Waals surface area contributed by atoms with Crippen LogP contribution in [0.5, 0.6) is 0 Å². The van der Waals surface area contributed by atoms with Gasteiger partial charge in [0.05, 0.1) is 4.92 Å². The summed E-state index contributed by atoms with van der Waals surface area (Å²) < 4.78 is 12.9. The molecule has 0 spiro atoms. The standard InChI is InChI=1S/C10H12ClFN2O2/c1-10(11,12)7-13-6-8-2-4-9(5-3-8)14(15)16/h2-5,13H,6-7H2,1H3. The molecule has 0 heterocycles. The Morgan fingerprint density at radius 3 is 2.50 bits per heavy atom. The van der Waals surface area contributed by atoms with Crippen LogP contribution in [0.4, 0.5) is 10.1 Å². The van der Waals surface area contributed by atoms with Crippen molar-refractivity contribution in [2.45, 2.75) is 18.6 Å². The summed E-state index contributed by atoms with van der Waals surface area (Å²) >= 11 is 5.35. The molecule has 0 aliphatic carbocycles. The summed E-state index contributed by atoms with van der Waals surface area (Å²) in [4.78, 5) is 9.92. The third-order valence-corrected chi connectivity index (χ3v) is 2.05. The second-order valence-corrected chi connectivity index (χ2v) is 4.39. The van der Waals surface area contributed by atoms with Crippen molar-refractivity contribution in [2.75, 3.05) is 6.54 Å². The number of hydrogen-bond acceptors (Lipinski definition) is 3. The second-order valence-electron chi connectivity index (χ2n) is 3.60. The summed E-state index contributed by atoms with van der Waals surface area (Å²) in [5, 5.41) is 11.4. The van der Waals surface area contributed by atoms with Gasteiger partial charge in [0.15, 0.2) is 5.13 Å². The van der Waals surface area contributed by atoms with E-state index in [2.05, 4.69) is 5.32 Å². The normalized spacial score (nSPS) is 14.4. The van der Waals surface area contributed by atoms with Crippen LogP contribution in [0.1, 0.15) is 12.5 Å². The Labute approximate surface area is 97.6 Å². The molecule has 1 N–H and O–H groups in total. The summed E-state index contributed by atoms with van der Waals surface area (Å²) in [6.07, 6.45) is 0. The van der Waals surface area contributed by atoms with Gasteiger partial charge in [0.1, 0.15) is 0 Å². The lowest BCUT2D eigenvalue weighted by Crippen LogP contribution is -2.28. The number of non-ortho nitro benzene ring substituents is 1. The maximum Gasteiger partial charge on any atom is 0.269 e. The van der Waals surface area contributed by atoms with Gasteiger partial charge in [-0.05, 0) is 12.5 Å². The average molecular weight is 247 g/mol. The first kappa shape index (κ1) is 12.9. The fourth-order valence-electron chi connectivity index (χ4n) is 1.16. The molecule has 1 rings (SSSR count). The molecule has 1 aromatic rings. The number of rotatable bonds is 5. The molecule has 0 amide bonds. The van der Waals surface area contributed by atoms with Gasteiger partial charge in [-0.1, -0.05) is 23.7 Å². The molecule has 0 radical (unpaired) electrons. The fourth-order valence-corrected chi connectivity index (χ4v) is 1.26. The van der Waals surface area contributed by atoms with Gasteiger partial charge < -0.3 is 5.32 Å². The van der Waals surface area contributed by atoms with Gasteiger partial charge in [-0.25, -0.2) is 4.39 Å². The third kappa shape index (κ3) is 4.55. The molecule has 0 aromatic heterocycles. The van der Waals surface area contributed by atoms with Gasteiger partial charge in [0.2, 0.25) is 0 Å². The monoisotopic (exact) mass is 246 g/mol. The molecule has 1 atom stereocenters. The molecule has 0 saturated carbocycles. The quantitative estimate of drug-likeness (QED) is 0.494. The summed E-state index contributed by atoms with van der Waals surface area (Å²) in [6.45, 7) is 1.70. The highest BCUT2D eigenvalue weighted by molar-refractivity contribution is 6.22. The van der Waals surface area contributed by atoms with Crippen LogP contribution >= 0.6 is 11.6 Å². The number of benzene rings is 1. The molecule has 0 aliphatic rings. The van der Waals surface area contributed by atoms with Crippen LogP contribution in [0.15, 0.2) is 24.3 Å². The van der Waals surface area contributed by atoms with Crippen molar-refractivity contribution in [1.82, 2.24) is 5.32 Å². The maximum atomic E-state index is 12.9. The van der Waals surface area contributed by atoms with Crippen molar-refractivity contribution in [3.8, 4) is 0 Å². The average Bonchev–Trinajstić information content (AvgIpc) is 2.16. The highest BCUT2D eigenvalue weighted by Crippen LogP contribution is 2.14. The predicted octanol–water partition coefficient (Wildman–Crippen LogP) is 2.61. The van der Waals surface area contributed by atoms with Gasteiger partial charge in [-0.15, -0.1) is 0 Å². The van der Waals surface area contributed by atoms with E-state index in [9.17, 15) is 14.5 Å². The highest BCUT2D eigenvalue weighted by atomic mass is 35.5. The zero-order chi connectivity index (χ0) is 12.2. The fraction of sp³-hybridized carbons (Fsp3) is 0.400. The molecule has 0 saturated heterocycles. The van der Waals surface area contributed by atoms with Crippen LogP contribution in [0.25, 0.3) is 0 Å². The minimum atomic E-state index is -1.78. The summed E-state index contributed by atoms with van der Waals surface area (Å²) in [7, 11) is 0. The number of nitrogens with zero attached hydrogens (tertiary/aromatic N) is 1. The Morgan fingerprint density at radius 1 is 1.50 bits per heavy atom. The van der Waals surface area contributed by atoms with E-state index in [-0.39, 0.29) is 12.2 Å². The van der Waals surface area contributed by atoms with E-state index in [0.29, 0.717) is 6.54 Å². The van der Waals surface area contributed by atoms with Crippen molar-refractivity contribution in [3.63, 3.8) is 0 Å². The van der Waals surface area contributed by atoms with Gasteiger partial charge >= 0.3 is 0 Å². The predicted molar refractivity (Wildman–Crippen MR) is 60.2 cm³/mol. The summed E-state index contributed by atoms with van der Waals surface area (Å²) in [5.41, 5.74) is 0.878.